The molecular formula is C13H18F3N. The lowest BCUT2D eigenvalue weighted by atomic mass is 9.95. The van der Waals surface area contributed by atoms with E-state index in [1.54, 1.807) is 0 Å². The van der Waals surface area contributed by atoms with Crippen LogP contribution in [0.15, 0.2) is 12.1 Å². The highest BCUT2D eigenvalue weighted by Crippen LogP contribution is 2.28. The Hall–Kier alpha value is -1.03. The van der Waals surface area contributed by atoms with Crippen LogP contribution in [0.3, 0.4) is 0 Å². The molecule has 4 heteroatoms. The summed E-state index contributed by atoms with van der Waals surface area (Å²) >= 11 is 0. The molecule has 17 heavy (non-hydrogen) atoms. The lowest BCUT2D eigenvalue weighted by Crippen LogP contribution is -2.11. The molecule has 0 aromatic heterocycles. The number of nitrogens with two attached hydrogens (primary N) is 1. The van der Waals surface area contributed by atoms with E-state index in [-0.39, 0.29) is 11.1 Å². The minimum Gasteiger partial charge on any atom is -0.330 e. The standard InChI is InChI=1S/C13H18F3N/c1-13(2,16)10-7-9(5-3-4-6-17)12(15)11(14)8-10/h7-8H,3-6,17H2,1-2H3. The monoisotopic (exact) mass is 245 g/mol. The van der Waals surface area contributed by atoms with Gasteiger partial charge in [-0.1, -0.05) is 0 Å². The van der Waals surface area contributed by atoms with Gasteiger partial charge < -0.3 is 5.73 Å². The Balaban J connectivity index is 2.99. The van der Waals surface area contributed by atoms with Crippen LogP contribution in [0, 0.1) is 11.6 Å². The first-order valence-electron chi connectivity index (χ1n) is 5.73. The molecule has 0 saturated carbocycles. The molecule has 0 fully saturated rings. The predicted octanol–water partition coefficient (Wildman–Crippen LogP) is 3.45. The smallest absolute Gasteiger partial charge is 0.162 e. The molecule has 0 spiro atoms. The maximum atomic E-state index is 13.7. The third kappa shape index (κ3) is 3.73. The summed E-state index contributed by atoms with van der Waals surface area (Å²) < 4.78 is 40.5. The van der Waals surface area contributed by atoms with Gasteiger partial charge in [0.15, 0.2) is 11.6 Å². The van der Waals surface area contributed by atoms with Gasteiger partial charge in [-0.05, 0) is 62.9 Å². The minimum absolute atomic E-state index is 0.166. The van der Waals surface area contributed by atoms with Crippen molar-refractivity contribution >= 4 is 0 Å². The van der Waals surface area contributed by atoms with E-state index in [2.05, 4.69) is 0 Å². The van der Waals surface area contributed by atoms with Crippen LogP contribution in [0.5, 0.6) is 0 Å². The number of halogens is 3. The van der Waals surface area contributed by atoms with Crippen molar-refractivity contribution in [2.24, 2.45) is 5.73 Å². The molecule has 1 aromatic carbocycles. The molecule has 1 rings (SSSR count). The van der Waals surface area contributed by atoms with Crippen LogP contribution < -0.4 is 5.73 Å². The van der Waals surface area contributed by atoms with Gasteiger partial charge in [0.2, 0.25) is 0 Å². The molecule has 0 atom stereocenters. The highest BCUT2D eigenvalue weighted by Gasteiger charge is 2.22. The van der Waals surface area contributed by atoms with E-state index in [0.717, 1.165) is 12.5 Å². The summed E-state index contributed by atoms with van der Waals surface area (Å²) in [6, 6.07) is 2.32. The van der Waals surface area contributed by atoms with Gasteiger partial charge in [0.1, 0.15) is 5.67 Å². The summed E-state index contributed by atoms with van der Waals surface area (Å²) in [6.07, 6.45) is 1.79. The Morgan fingerprint density at radius 3 is 2.35 bits per heavy atom. The van der Waals surface area contributed by atoms with Crippen LogP contribution in [0.4, 0.5) is 13.2 Å². The second-order valence-corrected chi connectivity index (χ2v) is 4.65. The predicted molar refractivity (Wildman–Crippen MR) is 62.5 cm³/mol. The fourth-order valence-electron chi connectivity index (χ4n) is 1.63. The van der Waals surface area contributed by atoms with Gasteiger partial charge >= 0.3 is 0 Å². The summed E-state index contributed by atoms with van der Waals surface area (Å²) in [5.74, 6) is -1.87. The van der Waals surface area contributed by atoms with Crippen LogP contribution in [0.1, 0.15) is 37.8 Å². The number of aryl methyl sites for hydroxylation is 1. The van der Waals surface area contributed by atoms with Crippen molar-refractivity contribution in [2.75, 3.05) is 6.54 Å². The molecule has 1 nitrogen and oxygen atoms in total. The Bertz CT molecular complexity index is 383. The average molecular weight is 245 g/mol. The Morgan fingerprint density at radius 2 is 1.82 bits per heavy atom. The number of rotatable bonds is 5. The fraction of sp³-hybridized carbons (Fsp3) is 0.538. The number of alkyl halides is 1. The van der Waals surface area contributed by atoms with Crippen LogP contribution in [-0.4, -0.2) is 6.54 Å². The van der Waals surface area contributed by atoms with E-state index in [9.17, 15) is 13.2 Å². The first kappa shape index (κ1) is 14.0. The van der Waals surface area contributed by atoms with E-state index in [0.29, 0.717) is 19.4 Å². The van der Waals surface area contributed by atoms with Crippen LogP contribution in [0.25, 0.3) is 0 Å². The lowest BCUT2D eigenvalue weighted by Gasteiger charge is -2.16. The molecule has 0 saturated heterocycles. The molecule has 0 unspecified atom stereocenters. The van der Waals surface area contributed by atoms with Crippen molar-refractivity contribution in [3.63, 3.8) is 0 Å². The van der Waals surface area contributed by atoms with Crippen LogP contribution in [0.2, 0.25) is 0 Å². The Morgan fingerprint density at radius 1 is 1.18 bits per heavy atom. The highest BCUT2D eigenvalue weighted by molar-refractivity contribution is 5.30. The van der Waals surface area contributed by atoms with Gasteiger partial charge in [-0.25, -0.2) is 13.2 Å². The molecule has 2 N–H and O–H groups in total. The van der Waals surface area contributed by atoms with Gasteiger partial charge in [-0.15, -0.1) is 0 Å². The summed E-state index contributed by atoms with van der Waals surface area (Å²) in [5, 5.41) is 0. The van der Waals surface area contributed by atoms with E-state index < -0.39 is 17.3 Å². The second-order valence-electron chi connectivity index (χ2n) is 4.65. The zero-order chi connectivity index (χ0) is 13.1. The van der Waals surface area contributed by atoms with E-state index in [1.807, 2.05) is 0 Å². The molecule has 0 amide bonds. The van der Waals surface area contributed by atoms with Crippen molar-refractivity contribution in [3.8, 4) is 0 Å². The van der Waals surface area contributed by atoms with Crippen molar-refractivity contribution < 1.29 is 13.2 Å². The van der Waals surface area contributed by atoms with E-state index >= 15 is 0 Å². The van der Waals surface area contributed by atoms with Gasteiger partial charge in [-0.2, -0.15) is 0 Å². The maximum absolute atomic E-state index is 13.7. The number of hydrogen-bond donors (Lipinski definition) is 1. The molecule has 1 aromatic rings. The van der Waals surface area contributed by atoms with Gasteiger partial charge in [0.25, 0.3) is 0 Å². The van der Waals surface area contributed by atoms with Gasteiger partial charge in [0.05, 0.1) is 0 Å². The van der Waals surface area contributed by atoms with Crippen molar-refractivity contribution in [1.29, 1.82) is 0 Å². The van der Waals surface area contributed by atoms with Crippen LogP contribution in [-0.2, 0) is 12.1 Å². The second kappa shape index (κ2) is 5.54. The minimum atomic E-state index is -1.67. The number of hydrogen-bond acceptors (Lipinski definition) is 1. The summed E-state index contributed by atoms with van der Waals surface area (Å²) in [6.45, 7) is 3.16. The van der Waals surface area contributed by atoms with Crippen molar-refractivity contribution in [3.05, 3.63) is 34.9 Å². The third-order valence-corrected chi connectivity index (χ3v) is 2.69. The van der Waals surface area contributed by atoms with E-state index in [4.69, 9.17) is 5.73 Å². The van der Waals surface area contributed by atoms with Gasteiger partial charge in [0, 0.05) is 0 Å². The average Bonchev–Trinajstić information content (AvgIpc) is 2.22. The normalized spacial score (nSPS) is 11.9. The SMILES string of the molecule is CC(C)(F)c1cc(F)c(F)c(CCCCN)c1. The fourth-order valence-corrected chi connectivity index (χ4v) is 1.63. The number of unbranched alkanes of at least 4 members (excludes halogenated alkanes) is 1. The molecular weight excluding hydrogens is 227 g/mol. The molecule has 0 bridgehead atoms. The summed E-state index contributed by atoms with van der Waals surface area (Å²) in [7, 11) is 0. The first-order valence-corrected chi connectivity index (χ1v) is 5.73. The van der Waals surface area contributed by atoms with Crippen molar-refractivity contribution in [2.45, 2.75) is 38.8 Å². The summed E-state index contributed by atoms with van der Waals surface area (Å²) in [5.41, 5.74) is 4.05. The molecule has 0 aliphatic heterocycles. The van der Waals surface area contributed by atoms with E-state index in [1.165, 1.54) is 19.9 Å². The molecule has 0 radical (unpaired) electrons. The Labute approximate surface area is 99.8 Å². The zero-order valence-corrected chi connectivity index (χ0v) is 10.2. The lowest BCUT2D eigenvalue weighted by molar-refractivity contribution is 0.220. The largest absolute Gasteiger partial charge is 0.330 e. The zero-order valence-electron chi connectivity index (χ0n) is 10.2. The Kier molecular flexibility index (Phi) is 4.57. The number of benzene rings is 1. The van der Waals surface area contributed by atoms with Crippen molar-refractivity contribution in [1.82, 2.24) is 0 Å². The maximum Gasteiger partial charge on any atom is 0.162 e. The molecule has 0 aliphatic rings. The first-order chi connectivity index (χ1) is 7.86. The molecule has 96 valence electrons. The van der Waals surface area contributed by atoms with Gasteiger partial charge in [-0.3, -0.25) is 0 Å². The third-order valence-electron chi connectivity index (χ3n) is 2.69. The van der Waals surface area contributed by atoms with Crippen LogP contribution >= 0.6 is 0 Å². The summed E-state index contributed by atoms with van der Waals surface area (Å²) in [4.78, 5) is 0. The molecule has 0 aliphatic carbocycles. The topological polar surface area (TPSA) is 26.0 Å². The molecule has 0 heterocycles. The quantitative estimate of drug-likeness (QED) is 0.790. The highest BCUT2D eigenvalue weighted by atomic mass is 19.2.